The summed E-state index contributed by atoms with van der Waals surface area (Å²) in [5.74, 6) is 0.156. The van der Waals surface area contributed by atoms with Gasteiger partial charge in [0.1, 0.15) is 0 Å². The van der Waals surface area contributed by atoms with E-state index in [0.717, 1.165) is 47.8 Å². The van der Waals surface area contributed by atoms with Crippen LogP contribution in [-0.2, 0) is 0 Å². The topological polar surface area (TPSA) is 20.3 Å². The lowest BCUT2D eigenvalue weighted by atomic mass is 10.0. The summed E-state index contributed by atoms with van der Waals surface area (Å²) in [6.07, 6.45) is 4.10. The molecule has 2 heteroatoms. The van der Waals surface area contributed by atoms with Crippen molar-refractivity contribution in [2.75, 3.05) is 13.1 Å². The van der Waals surface area contributed by atoms with E-state index >= 15 is 0 Å². The summed E-state index contributed by atoms with van der Waals surface area (Å²) >= 11 is 0. The maximum absolute atomic E-state index is 12.4. The van der Waals surface area contributed by atoms with Crippen LogP contribution >= 0.6 is 0 Å². The second-order valence-electron chi connectivity index (χ2n) is 4.99. The van der Waals surface area contributed by atoms with Gasteiger partial charge in [0.25, 0.3) is 5.91 Å². The molecule has 0 atom stereocenters. The van der Waals surface area contributed by atoms with Gasteiger partial charge in [0.15, 0.2) is 0 Å². The van der Waals surface area contributed by atoms with Crippen LogP contribution in [-0.4, -0.2) is 23.9 Å². The normalized spacial score (nSPS) is 14.8. The summed E-state index contributed by atoms with van der Waals surface area (Å²) in [6.45, 7) is 5.61. The molecule has 96 valence electrons. The van der Waals surface area contributed by atoms with Crippen molar-refractivity contribution in [3.63, 3.8) is 0 Å². The van der Waals surface area contributed by atoms with E-state index in [-0.39, 0.29) is 5.91 Å². The van der Waals surface area contributed by atoms with E-state index in [1.54, 1.807) is 0 Å². The first kappa shape index (κ1) is 12.0. The van der Waals surface area contributed by atoms with Crippen LogP contribution in [0.2, 0.25) is 0 Å². The zero-order valence-electron chi connectivity index (χ0n) is 10.9. The monoisotopic (exact) mass is 251 g/mol. The molecule has 0 aromatic heterocycles. The average Bonchev–Trinajstić information content (AvgIpc) is 2.99. The average molecular weight is 251 g/mol. The van der Waals surface area contributed by atoms with E-state index in [1.807, 2.05) is 47.4 Å². The summed E-state index contributed by atoms with van der Waals surface area (Å²) in [5, 5.41) is 2.25. The van der Waals surface area contributed by atoms with Gasteiger partial charge in [-0.05, 0) is 41.3 Å². The summed E-state index contributed by atoms with van der Waals surface area (Å²) in [6, 6.07) is 12.0. The molecule has 19 heavy (non-hydrogen) atoms. The van der Waals surface area contributed by atoms with Crippen molar-refractivity contribution in [3.8, 4) is 0 Å². The highest BCUT2D eigenvalue weighted by Crippen LogP contribution is 2.22. The maximum Gasteiger partial charge on any atom is 0.253 e. The van der Waals surface area contributed by atoms with Crippen molar-refractivity contribution in [2.24, 2.45) is 0 Å². The Bertz CT molecular complexity index is 639. The molecule has 0 spiro atoms. The number of likely N-dealkylation sites (tertiary alicyclic amines) is 1. The minimum absolute atomic E-state index is 0.156. The quantitative estimate of drug-likeness (QED) is 0.796. The lowest BCUT2D eigenvalue weighted by molar-refractivity contribution is 0.0793. The second-order valence-corrected chi connectivity index (χ2v) is 4.99. The van der Waals surface area contributed by atoms with Gasteiger partial charge in [-0.3, -0.25) is 4.79 Å². The van der Waals surface area contributed by atoms with Crippen LogP contribution in [0.3, 0.4) is 0 Å². The van der Waals surface area contributed by atoms with Crippen molar-refractivity contribution in [2.45, 2.75) is 12.8 Å². The van der Waals surface area contributed by atoms with Gasteiger partial charge in [0.05, 0.1) is 0 Å². The molecule has 0 aliphatic carbocycles. The number of hydrogen-bond acceptors (Lipinski definition) is 1. The first-order valence-corrected chi connectivity index (χ1v) is 6.74. The van der Waals surface area contributed by atoms with E-state index in [0.29, 0.717) is 0 Å². The molecule has 0 N–H and O–H groups in total. The van der Waals surface area contributed by atoms with E-state index in [1.165, 1.54) is 0 Å². The van der Waals surface area contributed by atoms with E-state index in [9.17, 15) is 4.79 Å². The fourth-order valence-electron chi connectivity index (χ4n) is 2.72. The molecule has 1 saturated heterocycles. The van der Waals surface area contributed by atoms with Crippen LogP contribution in [0.25, 0.3) is 16.8 Å². The largest absolute Gasteiger partial charge is 0.339 e. The first-order valence-electron chi connectivity index (χ1n) is 6.74. The molecule has 0 radical (unpaired) electrons. The van der Waals surface area contributed by atoms with Crippen molar-refractivity contribution < 1.29 is 4.79 Å². The molecule has 1 fully saturated rings. The van der Waals surface area contributed by atoms with Crippen LogP contribution in [0.15, 0.2) is 43.0 Å². The van der Waals surface area contributed by atoms with Gasteiger partial charge in [0, 0.05) is 18.7 Å². The van der Waals surface area contributed by atoms with E-state index in [4.69, 9.17) is 0 Å². The Kier molecular flexibility index (Phi) is 3.08. The number of benzene rings is 2. The highest BCUT2D eigenvalue weighted by molar-refractivity contribution is 6.00. The third-order valence-electron chi connectivity index (χ3n) is 3.77. The lowest BCUT2D eigenvalue weighted by Crippen LogP contribution is -2.27. The van der Waals surface area contributed by atoms with E-state index < -0.39 is 0 Å². The summed E-state index contributed by atoms with van der Waals surface area (Å²) < 4.78 is 0. The zero-order chi connectivity index (χ0) is 13.2. The van der Waals surface area contributed by atoms with Crippen molar-refractivity contribution in [1.82, 2.24) is 4.90 Å². The predicted molar refractivity (Wildman–Crippen MR) is 79.2 cm³/mol. The van der Waals surface area contributed by atoms with Gasteiger partial charge in [-0.25, -0.2) is 0 Å². The Morgan fingerprint density at radius 3 is 2.68 bits per heavy atom. The molecule has 0 bridgehead atoms. The fraction of sp³-hybridized carbons (Fsp3) is 0.235. The Morgan fingerprint density at radius 2 is 1.95 bits per heavy atom. The minimum atomic E-state index is 0.156. The Labute approximate surface area is 113 Å². The van der Waals surface area contributed by atoms with Gasteiger partial charge in [-0.2, -0.15) is 0 Å². The molecule has 2 aromatic carbocycles. The van der Waals surface area contributed by atoms with Gasteiger partial charge >= 0.3 is 0 Å². The van der Waals surface area contributed by atoms with Crippen LogP contribution in [0, 0.1) is 0 Å². The van der Waals surface area contributed by atoms with Crippen LogP contribution < -0.4 is 0 Å². The molecule has 1 aliphatic heterocycles. The maximum atomic E-state index is 12.4. The molecule has 2 aromatic rings. The number of rotatable bonds is 2. The van der Waals surface area contributed by atoms with Crippen LogP contribution in [0.4, 0.5) is 0 Å². The van der Waals surface area contributed by atoms with Crippen molar-refractivity contribution in [1.29, 1.82) is 0 Å². The number of nitrogens with zero attached hydrogens (tertiary/aromatic N) is 1. The molecular weight excluding hydrogens is 234 g/mol. The zero-order valence-corrected chi connectivity index (χ0v) is 10.9. The predicted octanol–water partition coefficient (Wildman–Crippen LogP) is 3.72. The number of hydrogen-bond donors (Lipinski definition) is 0. The highest BCUT2D eigenvalue weighted by Gasteiger charge is 2.19. The molecule has 3 rings (SSSR count). The summed E-state index contributed by atoms with van der Waals surface area (Å²) in [4.78, 5) is 14.3. The van der Waals surface area contributed by atoms with Crippen LogP contribution in [0.1, 0.15) is 28.8 Å². The summed E-state index contributed by atoms with van der Waals surface area (Å²) in [7, 11) is 0. The molecule has 1 heterocycles. The van der Waals surface area contributed by atoms with Gasteiger partial charge in [-0.15, -0.1) is 0 Å². The van der Waals surface area contributed by atoms with Gasteiger partial charge < -0.3 is 4.90 Å². The molecule has 1 amide bonds. The molecule has 1 aliphatic rings. The number of amides is 1. The Morgan fingerprint density at radius 1 is 1.16 bits per heavy atom. The van der Waals surface area contributed by atoms with Gasteiger partial charge in [-0.1, -0.05) is 36.9 Å². The number of fused-ring (bicyclic) bond motifs is 1. The fourth-order valence-corrected chi connectivity index (χ4v) is 2.72. The SMILES string of the molecule is C=Cc1cccc2cc(C(=O)N3CCCC3)ccc12. The second kappa shape index (κ2) is 4.88. The molecule has 0 unspecified atom stereocenters. The van der Waals surface area contributed by atoms with Gasteiger partial charge in [0.2, 0.25) is 0 Å². The lowest BCUT2D eigenvalue weighted by Gasteiger charge is -2.15. The first-order chi connectivity index (χ1) is 9.29. The number of carbonyl (C=O) groups excluding carboxylic acids is 1. The highest BCUT2D eigenvalue weighted by atomic mass is 16.2. The molecule has 0 saturated carbocycles. The standard InChI is InChI=1S/C17H17NO/c1-2-13-6-5-7-14-12-15(8-9-16(13)14)17(19)18-10-3-4-11-18/h2,5-9,12H,1,3-4,10-11H2. The Balaban J connectivity index is 2.02. The van der Waals surface area contributed by atoms with Crippen molar-refractivity contribution >= 4 is 22.8 Å². The van der Waals surface area contributed by atoms with Crippen molar-refractivity contribution in [3.05, 3.63) is 54.1 Å². The van der Waals surface area contributed by atoms with Crippen LogP contribution in [0.5, 0.6) is 0 Å². The Hall–Kier alpha value is -2.09. The summed E-state index contributed by atoms with van der Waals surface area (Å²) in [5.41, 5.74) is 1.90. The third-order valence-corrected chi connectivity index (χ3v) is 3.77. The molecule has 2 nitrogen and oxygen atoms in total. The molecular formula is C17H17NO. The smallest absolute Gasteiger partial charge is 0.253 e. The number of carbonyl (C=O) groups is 1. The van der Waals surface area contributed by atoms with E-state index in [2.05, 4.69) is 6.58 Å². The third kappa shape index (κ3) is 2.14. The minimum Gasteiger partial charge on any atom is -0.339 e.